The van der Waals surface area contributed by atoms with Gasteiger partial charge in [-0.1, -0.05) is 42.5 Å². The molecule has 49 heavy (non-hydrogen) atoms. The van der Waals surface area contributed by atoms with Gasteiger partial charge in [-0.15, -0.1) is 22.7 Å². The number of nitrogens with zero attached hydrogens (tertiary/aromatic N) is 1. The number of nitrogens with one attached hydrogen (secondary N) is 3. The van der Waals surface area contributed by atoms with Crippen LogP contribution in [0.1, 0.15) is 41.0 Å². The smallest absolute Gasteiger partial charge is 0.407 e. The minimum Gasteiger partial charge on any atom is -0.454 e. The zero-order valence-corrected chi connectivity index (χ0v) is 28.4. The van der Waals surface area contributed by atoms with E-state index in [4.69, 9.17) is 18.9 Å². The standard InChI is InChI=1S/C35H38N4O8S2/c40-32(47-26-13-14-30-31(20-26)46-24-45-30)15-17-36-34(42)38-29(12-4-5-16-37-35(43)44-23-25-8-2-1-3-9-25)33(41)39(21-27-10-6-18-48-27)22-28-11-7-19-49-28/h1-3,6-11,13-14,18-20,29H,4-5,12,15-17,21-24H2,(H,37,43)(H2,36,38,42)/t29-/m1/s1. The van der Waals surface area contributed by atoms with Gasteiger partial charge in [0.25, 0.3) is 0 Å². The second-order valence-electron chi connectivity index (χ2n) is 11.0. The Morgan fingerprint density at radius 2 is 1.55 bits per heavy atom. The molecule has 1 atom stereocenters. The van der Waals surface area contributed by atoms with E-state index in [2.05, 4.69) is 16.0 Å². The molecule has 0 aliphatic carbocycles. The van der Waals surface area contributed by atoms with Gasteiger partial charge >= 0.3 is 18.1 Å². The number of benzene rings is 2. The van der Waals surface area contributed by atoms with E-state index in [1.165, 1.54) is 0 Å². The molecule has 0 spiro atoms. The lowest BCUT2D eigenvalue weighted by atomic mass is 10.1. The first-order valence-electron chi connectivity index (χ1n) is 15.9. The van der Waals surface area contributed by atoms with Crippen LogP contribution in [-0.2, 0) is 34.0 Å². The first kappa shape index (κ1) is 35.2. The van der Waals surface area contributed by atoms with Gasteiger partial charge in [-0.3, -0.25) is 9.59 Å². The molecule has 0 fully saturated rings. The van der Waals surface area contributed by atoms with Gasteiger partial charge in [0.15, 0.2) is 11.5 Å². The Morgan fingerprint density at radius 1 is 0.816 bits per heavy atom. The molecule has 0 saturated heterocycles. The maximum absolute atomic E-state index is 14.0. The number of hydrogen-bond donors (Lipinski definition) is 3. The van der Waals surface area contributed by atoms with Crippen LogP contribution in [0.2, 0.25) is 0 Å². The van der Waals surface area contributed by atoms with Gasteiger partial charge in [-0.05, 0) is 59.9 Å². The second kappa shape index (κ2) is 18.5. The van der Waals surface area contributed by atoms with E-state index < -0.39 is 24.1 Å². The monoisotopic (exact) mass is 706 g/mol. The number of fused-ring (bicyclic) bond motifs is 1. The number of amides is 4. The number of carbonyl (C=O) groups is 4. The Hall–Kier alpha value is -5.08. The summed E-state index contributed by atoms with van der Waals surface area (Å²) in [6, 6.07) is 20.6. The van der Waals surface area contributed by atoms with Crippen LogP contribution in [0.15, 0.2) is 83.6 Å². The predicted molar refractivity (Wildman–Crippen MR) is 185 cm³/mol. The fraction of sp³-hybridized carbons (Fsp3) is 0.314. The SMILES string of the molecule is O=C(NCCC(=O)Oc1ccc2c(c1)OCO2)N[C@H](CCCCNC(=O)OCc1ccccc1)C(=O)N(Cc1cccs1)Cc1cccs1. The summed E-state index contributed by atoms with van der Waals surface area (Å²) in [6.45, 7) is 1.42. The molecule has 12 nitrogen and oxygen atoms in total. The topological polar surface area (TPSA) is 145 Å². The van der Waals surface area contributed by atoms with Gasteiger partial charge in [0, 0.05) is 28.9 Å². The van der Waals surface area contributed by atoms with Crippen molar-refractivity contribution >= 4 is 46.7 Å². The molecule has 2 aromatic heterocycles. The van der Waals surface area contributed by atoms with Gasteiger partial charge in [-0.25, -0.2) is 9.59 Å². The zero-order valence-electron chi connectivity index (χ0n) is 26.8. The van der Waals surface area contributed by atoms with Crippen molar-refractivity contribution in [3.05, 3.63) is 98.9 Å². The van der Waals surface area contributed by atoms with Gasteiger partial charge < -0.3 is 39.8 Å². The van der Waals surface area contributed by atoms with E-state index in [1.54, 1.807) is 45.8 Å². The third-order valence-electron chi connectivity index (χ3n) is 7.36. The molecule has 0 unspecified atom stereocenters. The third kappa shape index (κ3) is 11.5. The highest BCUT2D eigenvalue weighted by Crippen LogP contribution is 2.35. The van der Waals surface area contributed by atoms with Crippen LogP contribution in [-0.4, -0.2) is 54.8 Å². The van der Waals surface area contributed by atoms with Gasteiger partial charge in [0.1, 0.15) is 18.4 Å². The summed E-state index contributed by atoms with van der Waals surface area (Å²) in [5, 5.41) is 12.1. The molecule has 0 saturated carbocycles. The fourth-order valence-corrected chi connectivity index (χ4v) is 6.36. The van der Waals surface area contributed by atoms with Crippen molar-refractivity contribution in [1.82, 2.24) is 20.9 Å². The van der Waals surface area contributed by atoms with E-state index >= 15 is 0 Å². The third-order valence-corrected chi connectivity index (χ3v) is 9.08. The molecule has 5 rings (SSSR count). The average Bonchev–Trinajstić information content (AvgIpc) is 3.91. The maximum Gasteiger partial charge on any atom is 0.407 e. The minimum absolute atomic E-state index is 0.000747. The first-order valence-corrected chi connectivity index (χ1v) is 17.6. The van der Waals surface area contributed by atoms with Crippen molar-refractivity contribution in [2.45, 2.75) is 51.4 Å². The lowest BCUT2D eigenvalue weighted by Gasteiger charge is -2.27. The van der Waals surface area contributed by atoms with Crippen LogP contribution in [0.25, 0.3) is 0 Å². The summed E-state index contributed by atoms with van der Waals surface area (Å²) in [7, 11) is 0. The summed E-state index contributed by atoms with van der Waals surface area (Å²) in [4.78, 5) is 55.4. The van der Waals surface area contributed by atoms with Crippen LogP contribution in [0.5, 0.6) is 17.2 Å². The van der Waals surface area contributed by atoms with Crippen molar-refractivity contribution < 1.29 is 38.1 Å². The molecular formula is C35H38N4O8S2. The van der Waals surface area contributed by atoms with Gasteiger partial charge in [-0.2, -0.15) is 0 Å². The number of unbranched alkanes of at least 4 members (excludes halogenated alkanes) is 1. The quantitative estimate of drug-likeness (QED) is 0.0708. The maximum atomic E-state index is 14.0. The normalized spacial score (nSPS) is 12.1. The molecule has 1 aliphatic heterocycles. The lowest BCUT2D eigenvalue weighted by molar-refractivity contribution is -0.135. The number of esters is 1. The largest absolute Gasteiger partial charge is 0.454 e. The molecule has 3 N–H and O–H groups in total. The molecule has 3 heterocycles. The number of urea groups is 1. The highest BCUT2D eigenvalue weighted by Gasteiger charge is 2.27. The summed E-state index contributed by atoms with van der Waals surface area (Å²) in [5.41, 5.74) is 0.889. The van der Waals surface area contributed by atoms with Crippen LogP contribution in [0, 0.1) is 0 Å². The fourth-order valence-electron chi connectivity index (χ4n) is 4.92. The van der Waals surface area contributed by atoms with Gasteiger partial charge in [0.2, 0.25) is 12.7 Å². The van der Waals surface area contributed by atoms with E-state index in [0.717, 1.165) is 15.3 Å². The number of carbonyl (C=O) groups excluding carboxylic acids is 4. The summed E-state index contributed by atoms with van der Waals surface area (Å²) < 4.78 is 21.2. The van der Waals surface area contributed by atoms with E-state index in [-0.39, 0.29) is 32.3 Å². The van der Waals surface area contributed by atoms with Crippen LogP contribution in [0.4, 0.5) is 9.59 Å². The minimum atomic E-state index is -0.842. The van der Waals surface area contributed by atoms with Crippen LogP contribution >= 0.6 is 22.7 Å². The molecule has 2 aromatic carbocycles. The Balaban J connectivity index is 1.13. The van der Waals surface area contributed by atoms with E-state index in [0.29, 0.717) is 56.1 Å². The number of thiophene rings is 2. The van der Waals surface area contributed by atoms with Crippen molar-refractivity contribution in [1.29, 1.82) is 0 Å². The van der Waals surface area contributed by atoms with Crippen LogP contribution in [0.3, 0.4) is 0 Å². The summed E-state index contributed by atoms with van der Waals surface area (Å²) in [6.07, 6.45) is 0.835. The highest BCUT2D eigenvalue weighted by molar-refractivity contribution is 7.10. The molecule has 258 valence electrons. The number of ether oxygens (including phenoxy) is 4. The number of alkyl carbamates (subject to hydrolysis) is 1. The molecule has 4 aromatic rings. The van der Waals surface area contributed by atoms with Crippen molar-refractivity contribution in [2.24, 2.45) is 0 Å². The molecule has 1 aliphatic rings. The summed E-state index contributed by atoms with van der Waals surface area (Å²) >= 11 is 3.11. The zero-order chi connectivity index (χ0) is 34.3. The molecule has 0 bridgehead atoms. The first-order chi connectivity index (χ1) is 23.9. The Labute approximate surface area is 292 Å². The van der Waals surface area contributed by atoms with E-state index in [1.807, 2.05) is 65.4 Å². The van der Waals surface area contributed by atoms with Gasteiger partial charge in [0.05, 0.1) is 19.5 Å². The molecule has 0 radical (unpaired) electrons. The van der Waals surface area contributed by atoms with Crippen molar-refractivity contribution in [3.8, 4) is 17.2 Å². The Bertz CT molecular complexity index is 1610. The molecule has 4 amide bonds. The van der Waals surface area contributed by atoms with Crippen LogP contribution < -0.4 is 30.2 Å². The Kier molecular flexibility index (Phi) is 13.3. The number of rotatable bonds is 17. The lowest BCUT2D eigenvalue weighted by Crippen LogP contribution is -2.51. The second-order valence-corrected chi connectivity index (χ2v) is 13.1. The molecule has 14 heteroatoms. The van der Waals surface area contributed by atoms with Crippen molar-refractivity contribution in [3.63, 3.8) is 0 Å². The Morgan fingerprint density at radius 3 is 2.27 bits per heavy atom. The average molecular weight is 707 g/mol. The summed E-state index contributed by atoms with van der Waals surface area (Å²) in [5.74, 6) is 0.600. The molecular weight excluding hydrogens is 669 g/mol. The predicted octanol–water partition coefficient (Wildman–Crippen LogP) is 5.83. The van der Waals surface area contributed by atoms with E-state index in [9.17, 15) is 19.2 Å². The highest BCUT2D eigenvalue weighted by atomic mass is 32.1. The van der Waals surface area contributed by atoms with Crippen molar-refractivity contribution in [2.75, 3.05) is 19.9 Å². The number of hydrogen-bond acceptors (Lipinski definition) is 10.